The molecule has 1 N–H and O–H groups in total. The second-order valence-corrected chi connectivity index (χ2v) is 1.03. The van der Waals surface area contributed by atoms with Crippen molar-refractivity contribution < 1.29 is 18.4 Å². The Hall–Kier alpha value is 1.31. The molecular formula is H4FMgNaO3Si. The van der Waals surface area contributed by atoms with Crippen molar-refractivity contribution in [2.75, 3.05) is 0 Å². The standard InChI is InChI=1S/FHO3Si.Mg.Na.3H/c1-4-5(2)3;;;;;/h2H;;;;;. The first-order valence-corrected chi connectivity index (χ1v) is 2.05. The van der Waals surface area contributed by atoms with E-state index in [0.29, 0.717) is 0 Å². The minimum atomic E-state index is -3.29. The molecule has 0 aromatic rings. The van der Waals surface area contributed by atoms with Crippen molar-refractivity contribution >= 4 is 61.8 Å². The summed E-state index contributed by atoms with van der Waals surface area (Å²) in [7, 11) is -3.29. The molecule has 7 heavy (non-hydrogen) atoms. The van der Waals surface area contributed by atoms with Gasteiger partial charge in [0.15, 0.2) is 0 Å². The van der Waals surface area contributed by atoms with Crippen molar-refractivity contribution in [3.63, 3.8) is 0 Å². The third kappa shape index (κ3) is 18.8. The van der Waals surface area contributed by atoms with Gasteiger partial charge >= 0.3 is 61.8 Å². The van der Waals surface area contributed by atoms with Gasteiger partial charge in [-0.3, -0.25) is 9.09 Å². The number of halogens is 1. The Balaban J connectivity index is -0.0000000800. The molecule has 3 nitrogen and oxygen atoms in total. The fraction of sp³-hybridized carbons (Fsp3) is 0. The Kier molecular flexibility index (Phi) is 23.2. The first-order chi connectivity index (χ1) is 2.27. The molecule has 0 aromatic carbocycles. The van der Waals surface area contributed by atoms with Gasteiger partial charge in [-0.2, -0.15) is 0 Å². The summed E-state index contributed by atoms with van der Waals surface area (Å²) in [6, 6.07) is 0. The fourth-order valence-electron chi connectivity index (χ4n) is 0. The molecule has 0 rings (SSSR count). The van der Waals surface area contributed by atoms with Crippen LogP contribution in [0.2, 0.25) is 0 Å². The van der Waals surface area contributed by atoms with Crippen LogP contribution in [0, 0.1) is 0 Å². The molecule has 0 saturated carbocycles. The summed E-state index contributed by atoms with van der Waals surface area (Å²) in [5, 5.41) is 0. The van der Waals surface area contributed by atoms with E-state index in [-0.39, 0.29) is 52.6 Å². The van der Waals surface area contributed by atoms with Crippen molar-refractivity contribution in [3.05, 3.63) is 0 Å². The Morgan fingerprint density at radius 3 is 1.86 bits per heavy atom. The Labute approximate surface area is 79.5 Å². The monoisotopic (exact) mass is 146 g/mol. The van der Waals surface area contributed by atoms with Gasteiger partial charge in [-0.05, 0) is 0 Å². The molecule has 0 saturated heterocycles. The van der Waals surface area contributed by atoms with Crippen LogP contribution in [0.1, 0.15) is 0 Å². The van der Waals surface area contributed by atoms with Crippen LogP contribution in [-0.4, -0.2) is 66.6 Å². The molecule has 0 heterocycles. The summed E-state index contributed by atoms with van der Waals surface area (Å²) >= 11 is 0. The van der Waals surface area contributed by atoms with Gasteiger partial charge < -0.3 is 4.80 Å². The van der Waals surface area contributed by atoms with E-state index in [2.05, 4.69) is 4.63 Å². The van der Waals surface area contributed by atoms with E-state index in [0.717, 1.165) is 0 Å². The zero-order valence-electron chi connectivity index (χ0n) is 2.14. The molecule has 0 radical (unpaired) electrons. The molecule has 0 aliphatic rings. The summed E-state index contributed by atoms with van der Waals surface area (Å²) in [5.41, 5.74) is 0. The molecule has 36 valence electrons. The zero-order valence-corrected chi connectivity index (χ0v) is 3.14. The van der Waals surface area contributed by atoms with Crippen molar-refractivity contribution in [2.24, 2.45) is 0 Å². The van der Waals surface area contributed by atoms with Crippen LogP contribution in [0.25, 0.3) is 0 Å². The van der Waals surface area contributed by atoms with Gasteiger partial charge in [0, 0.05) is 4.53 Å². The maximum atomic E-state index is 10.1. The molecule has 0 atom stereocenters. The predicted octanol–water partition coefficient (Wildman–Crippen LogP) is -2.27. The van der Waals surface area contributed by atoms with E-state index in [9.17, 15) is 4.53 Å². The topological polar surface area (TPSA) is 46.5 Å². The molecule has 0 aromatic heterocycles. The summed E-state index contributed by atoms with van der Waals surface area (Å²) in [4.78, 5) is 7.31. The van der Waals surface area contributed by atoms with E-state index in [4.69, 9.17) is 9.26 Å². The van der Waals surface area contributed by atoms with E-state index in [1.807, 2.05) is 0 Å². The van der Waals surface area contributed by atoms with Crippen LogP contribution in [0.5, 0.6) is 0 Å². The average Bonchev–Trinajstić information content (AvgIpc) is 1.38. The van der Waals surface area contributed by atoms with Crippen LogP contribution in [0.15, 0.2) is 0 Å². The molecule has 0 bridgehead atoms. The fourth-order valence-corrected chi connectivity index (χ4v) is 0. The quantitative estimate of drug-likeness (QED) is 0.425. The number of hydrogen-bond donors (Lipinski definition) is 1. The van der Waals surface area contributed by atoms with Gasteiger partial charge in [0.1, 0.15) is 0 Å². The normalized spacial score (nSPS) is 4.71. The molecule has 0 amide bonds. The first kappa shape index (κ1) is 15.7. The molecule has 7 heteroatoms. The van der Waals surface area contributed by atoms with Gasteiger partial charge in [0.05, 0.1) is 0 Å². The predicted molar refractivity (Wildman–Crippen MR) is 26.5 cm³/mol. The van der Waals surface area contributed by atoms with E-state index < -0.39 is 9.17 Å². The van der Waals surface area contributed by atoms with E-state index >= 15 is 0 Å². The van der Waals surface area contributed by atoms with Gasteiger partial charge in [-0.1, -0.05) is 0 Å². The van der Waals surface area contributed by atoms with E-state index in [1.54, 1.807) is 0 Å². The molecular weight excluding hydrogens is 142 g/mol. The van der Waals surface area contributed by atoms with Gasteiger partial charge in [-0.25, -0.2) is 0 Å². The number of hydrogen-bond acceptors (Lipinski definition) is 2. The van der Waals surface area contributed by atoms with Crippen molar-refractivity contribution in [1.82, 2.24) is 0 Å². The van der Waals surface area contributed by atoms with Crippen LogP contribution < -0.4 is 0 Å². The van der Waals surface area contributed by atoms with Crippen molar-refractivity contribution in [2.45, 2.75) is 0 Å². The zero-order chi connectivity index (χ0) is 4.28. The van der Waals surface area contributed by atoms with Crippen LogP contribution in [0.4, 0.5) is 4.53 Å². The summed E-state index contributed by atoms with van der Waals surface area (Å²) in [6.07, 6.45) is 0. The van der Waals surface area contributed by atoms with E-state index in [1.165, 1.54) is 0 Å². The van der Waals surface area contributed by atoms with Crippen LogP contribution >= 0.6 is 0 Å². The van der Waals surface area contributed by atoms with Crippen molar-refractivity contribution in [1.29, 1.82) is 0 Å². The van der Waals surface area contributed by atoms with Crippen molar-refractivity contribution in [3.8, 4) is 0 Å². The summed E-state index contributed by atoms with van der Waals surface area (Å²) in [6.45, 7) is 0. The SMILES string of the molecule is O=[Si](O)OF.[MgH2].[NaH]. The first-order valence-electron chi connectivity index (χ1n) is 0.786. The third-order valence-corrected chi connectivity index (χ3v) is 0.198. The Morgan fingerprint density at radius 2 is 1.86 bits per heavy atom. The van der Waals surface area contributed by atoms with Gasteiger partial charge in [-0.15, -0.1) is 0 Å². The van der Waals surface area contributed by atoms with Crippen LogP contribution in [-0.2, 0) is 9.09 Å². The van der Waals surface area contributed by atoms with Gasteiger partial charge in [0.25, 0.3) is 0 Å². The summed E-state index contributed by atoms with van der Waals surface area (Å²) < 4.78 is 21.4. The summed E-state index contributed by atoms with van der Waals surface area (Å²) in [5.74, 6) is 0. The number of rotatable bonds is 1. The van der Waals surface area contributed by atoms with Gasteiger partial charge in [0.2, 0.25) is 0 Å². The molecule has 0 fully saturated rings. The molecule has 0 spiro atoms. The molecule has 0 aliphatic heterocycles. The molecule has 0 unspecified atom stereocenters. The Morgan fingerprint density at radius 1 is 1.71 bits per heavy atom. The van der Waals surface area contributed by atoms with Crippen LogP contribution in [0.3, 0.4) is 0 Å². The minimum absolute atomic E-state index is 0. The Bertz CT molecular complexity index is 50.2. The maximum absolute atomic E-state index is 10.1. The molecule has 0 aliphatic carbocycles. The average molecular weight is 146 g/mol. The second-order valence-electron chi connectivity index (χ2n) is 0.343. The second kappa shape index (κ2) is 10.3. The third-order valence-electron chi connectivity index (χ3n) is 0.0660.